The fraction of sp³-hybridized carbons (Fsp3) is 0.235. The van der Waals surface area contributed by atoms with E-state index in [-0.39, 0.29) is 23.4 Å². The summed E-state index contributed by atoms with van der Waals surface area (Å²) in [5, 5.41) is 4.79. The first-order valence-corrected chi connectivity index (χ1v) is 7.82. The maximum absolute atomic E-state index is 12.6. The van der Waals surface area contributed by atoms with Gasteiger partial charge in [-0.3, -0.25) is 4.79 Å². The van der Waals surface area contributed by atoms with Gasteiger partial charge in [-0.1, -0.05) is 23.7 Å². The molecular formula is C17H16ClN3O4. The molecule has 7 nitrogen and oxygen atoms in total. The van der Waals surface area contributed by atoms with Crippen LogP contribution in [0.2, 0.25) is 5.02 Å². The van der Waals surface area contributed by atoms with Crippen LogP contribution < -0.4 is 5.56 Å². The molecule has 2 aromatic heterocycles. The molecule has 2 heterocycles. The molecule has 0 unspecified atom stereocenters. The molecule has 0 fully saturated rings. The van der Waals surface area contributed by atoms with Crippen molar-refractivity contribution in [1.29, 1.82) is 0 Å². The highest BCUT2D eigenvalue weighted by Crippen LogP contribution is 2.24. The molecule has 0 aliphatic carbocycles. The van der Waals surface area contributed by atoms with Gasteiger partial charge in [-0.2, -0.15) is 5.10 Å². The molecule has 25 heavy (non-hydrogen) atoms. The Labute approximate surface area is 148 Å². The predicted octanol–water partition coefficient (Wildman–Crippen LogP) is 2.58. The van der Waals surface area contributed by atoms with E-state index in [4.69, 9.17) is 21.1 Å². The van der Waals surface area contributed by atoms with Crippen LogP contribution in [0.25, 0.3) is 16.8 Å². The second-order valence-electron chi connectivity index (χ2n) is 5.51. The minimum absolute atomic E-state index is 0.0499. The third-order valence-corrected chi connectivity index (χ3v) is 4.28. The second kappa shape index (κ2) is 6.70. The molecule has 0 saturated heterocycles. The van der Waals surface area contributed by atoms with Crippen molar-refractivity contribution >= 4 is 23.1 Å². The van der Waals surface area contributed by atoms with Crippen molar-refractivity contribution in [3.63, 3.8) is 0 Å². The number of carbonyl (C=O) groups is 1. The Morgan fingerprint density at radius 1 is 1.36 bits per heavy atom. The maximum Gasteiger partial charge on any atom is 0.358 e. The number of carbonyl (C=O) groups excluding carboxylic acids is 1. The van der Waals surface area contributed by atoms with Crippen LogP contribution in [0.3, 0.4) is 0 Å². The molecule has 0 aliphatic rings. The Morgan fingerprint density at radius 3 is 2.76 bits per heavy atom. The highest BCUT2D eigenvalue weighted by Gasteiger charge is 2.22. The lowest BCUT2D eigenvalue weighted by Crippen LogP contribution is -2.12. The summed E-state index contributed by atoms with van der Waals surface area (Å²) in [6, 6.07) is 5.47. The molecule has 3 rings (SSSR count). The SMILES string of the molecule is COCc1c(C(=O)OC)nn2cc(-c3ccc(C)c(Cl)c3)[nH]c(=O)c12. The third-order valence-electron chi connectivity index (χ3n) is 3.87. The first-order valence-electron chi connectivity index (χ1n) is 7.44. The van der Waals surface area contributed by atoms with Crippen LogP contribution in [-0.4, -0.2) is 34.8 Å². The maximum atomic E-state index is 12.6. The molecule has 0 atom stereocenters. The summed E-state index contributed by atoms with van der Waals surface area (Å²) < 4.78 is 11.2. The molecule has 8 heteroatoms. The predicted molar refractivity (Wildman–Crippen MR) is 93.0 cm³/mol. The third kappa shape index (κ3) is 3.04. The highest BCUT2D eigenvalue weighted by atomic mass is 35.5. The number of esters is 1. The number of nitrogens with zero attached hydrogens (tertiary/aromatic N) is 2. The Balaban J connectivity index is 2.24. The molecule has 1 aromatic carbocycles. The van der Waals surface area contributed by atoms with Crippen LogP contribution in [0.4, 0.5) is 0 Å². The first kappa shape index (κ1) is 17.2. The van der Waals surface area contributed by atoms with Gasteiger partial charge < -0.3 is 14.5 Å². The fourth-order valence-corrected chi connectivity index (χ4v) is 2.77. The fourth-order valence-electron chi connectivity index (χ4n) is 2.59. The van der Waals surface area contributed by atoms with Crippen LogP contribution in [-0.2, 0) is 16.1 Å². The van der Waals surface area contributed by atoms with E-state index in [1.165, 1.54) is 18.7 Å². The average molecular weight is 362 g/mol. The van der Waals surface area contributed by atoms with Crippen LogP contribution in [0.15, 0.2) is 29.2 Å². The molecule has 0 amide bonds. The van der Waals surface area contributed by atoms with Crippen molar-refractivity contribution in [1.82, 2.24) is 14.6 Å². The number of methoxy groups -OCH3 is 2. The largest absolute Gasteiger partial charge is 0.464 e. The van der Waals surface area contributed by atoms with E-state index < -0.39 is 5.97 Å². The van der Waals surface area contributed by atoms with Gasteiger partial charge in [-0.05, 0) is 18.6 Å². The molecule has 0 bridgehead atoms. The Hall–Kier alpha value is -2.64. The smallest absolute Gasteiger partial charge is 0.358 e. The van der Waals surface area contributed by atoms with E-state index in [0.29, 0.717) is 16.3 Å². The molecule has 0 saturated carbocycles. The van der Waals surface area contributed by atoms with Gasteiger partial charge in [0.15, 0.2) is 5.69 Å². The van der Waals surface area contributed by atoms with Crippen LogP contribution in [0, 0.1) is 6.92 Å². The van der Waals surface area contributed by atoms with E-state index in [9.17, 15) is 9.59 Å². The van der Waals surface area contributed by atoms with Crippen molar-refractivity contribution < 1.29 is 14.3 Å². The molecule has 130 valence electrons. The van der Waals surface area contributed by atoms with E-state index in [2.05, 4.69) is 10.1 Å². The Kier molecular flexibility index (Phi) is 4.61. The molecule has 3 aromatic rings. The van der Waals surface area contributed by atoms with Gasteiger partial charge in [-0.15, -0.1) is 0 Å². The van der Waals surface area contributed by atoms with Gasteiger partial charge in [0.05, 0.1) is 25.6 Å². The number of H-pyrrole nitrogens is 1. The minimum Gasteiger partial charge on any atom is -0.464 e. The van der Waals surface area contributed by atoms with Crippen LogP contribution in [0.5, 0.6) is 0 Å². The van der Waals surface area contributed by atoms with Gasteiger partial charge >= 0.3 is 5.97 Å². The minimum atomic E-state index is -0.630. The number of ether oxygens (including phenoxy) is 2. The number of rotatable bonds is 4. The van der Waals surface area contributed by atoms with Gasteiger partial charge in [0.25, 0.3) is 5.56 Å². The van der Waals surface area contributed by atoms with Crippen molar-refractivity contribution in [2.45, 2.75) is 13.5 Å². The summed E-state index contributed by atoms with van der Waals surface area (Å²) in [4.78, 5) is 27.3. The topological polar surface area (TPSA) is 85.7 Å². The van der Waals surface area contributed by atoms with E-state index >= 15 is 0 Å². The van der Waals surface area contributed by atoms with Crippen molar-refractivity contribution in [3.05, 3.63) is 56.6 Å². The first-order chi connectivity index (χ1) is 12.0. The number of benzene rings is 1. The molecule has 0 spiro atoms. The van der Waals surface area contributed by atoms with Crippen LogP contribution >= 0.6 is 11.6 Å². The van der Waals surface area contributed by atoms with Crippen molar-refractivity contribution in [2.24, 2.45) is 0 Å². The van der Waals surface area contributed by atoms with Crippen LogP contribution in [0.1, 0.15) is 21.6 Å². The Morgan fingerprint density at radius 2 is 2.12 bits per heavy atom. The summed E-state index contributed by atoms with van der Waals surface area (Å²) in [6.45, 7) is 1.96. The van der Waals surface area contributed by atoms with Gasteiger partial charge in [-0.25, -0.2) is 9.31 Å². The highest BCUT2D eigenvalue weighted by molar-refractivity contribution is 6.31. The summed E-state index contributed by atoms with van der Waals surface area (Å²) in [7, 11) is 2.73. The van der Waals surface area contributed by atoms with Crippen molar-refractivity contribution in [3.8, 4) is 11.3 Å². The van der Waals surface area contributed by atoms with Crippen molar-refractivity contribution in [2.75, 3.05) is 14.2 Å². The lowest BCUT2D eigenvalue weighted by molar-refractivity contribution is 0.0589. The van der Waals surface area contributed by atoms with Gasteiger partial charge in [0, 0.05) is 23.3 Å². The number of fused-ring (bicyclic) bond motifs is 1. The monoisotopic (exact) mass is 361 g/mol. The standard InChI is InChI=1S/C17H16ClN3O4/c1-9-4-5-10(6-12(9)18)13-7-21-15(16(22)19-13)11(8-24-2)14(20-21)17(23)25-3/h4-7H,8H2,1-3H3,(H,19,22). The van der Waals surface area contributed by atoms with Gasteiger partial charge in [0.1, 0.15) is 5.52 Å². The van der Waals surface area contributed by atoms with E-state index in [1.54, 1.807) is 12.3 Å². The molecule has 0 radical (unpaired) electrons. The average Bonchev–Trinajstić information content (AvgIpc) is 2.96. The number of nitrogens with one attached hydrogen (secondary N) is 1. The van der Waals surface area contributed by atoms with Gasteiger partial charge in [0.2, 0.25) is 0 Å². The summed E-state index contributed by atoms with van der Waals surface area (Å²) in [5.41, 5.74) is 2.48. The number of hydrogen-bond acceptors (Lipinski definition) is 5. The number of aryl methyl sites for hydroxylation is 1. The zero-order chi connectivity index (χ0) is 18.1. The number of aromatic amines is 1. The number of halogens is 1. The molecular weight excluding hydrogens is 346 g/mol. The second-order valence-corrected chi connectivity index (χ2v) is 5.91. The normalized spacial score (nSPS) is 11.0. The Bertz CT molecular complexity index is 1020. The summed E-state index contributed by atoms with van der Waals surface area (Å²) in [6.07, 6.45) is 1.63. The van der Waals surface area contributed by atoms with E-state index in [0.717, 1.165) is 11.1 Å². The number of aromatic nitrogens is 3. The molecule has 1 N–H and O–H groups in total. The van der Waals surface area contributed by atoms with E-state index in [1.807, 2.05) is 19.1 Å². The summed E-state index contributed by atoms with van der Waals surface area (Å²) in [5.74, 6) is -0.630. The lowest BCUT2D eigenvalue weighted by atomic mass is 10.1. The zero-order valence-electron chi connectivity index (χ0n) is 13.9. The lowest BCUT2D eigenvalue weighted by Gasteiger charge is -2.05. The number of hydrogen-bond donors (Lipinski definition) is 1. The zero-order valence-corrected chi connectivity index (χ0v) is 14.7. The molecule has 0 aliphatic heterocycles. The quantitative estimate of drug-likeness (QED) is 0.722. The summed E-state index contributed by atoms with van der Waals surface area (Å²) >= 11 is 6.16.